The molecule has 4 N–H and O–H groups in total. The average molecular weight is 603 g/mol. The first-order valence-electron chi connectivity index (χ1n) is 12.5. The number of carbonyl (C=O) groups excluding carboxylic acids is 2. The smallest absolute Gasteiger partial charge is 0.271 e. The Labute approximate surface area is 246 Å². The number of phenols is 2. The number of nitrogens with zero attached hydrogens (tertiary/aromatic N) is 2. The lowest BCUT2D eigenvalue weighted by Crippen LogP contribution is -2.18. The van der Waals surface area contributed by atoms with Crippen LogP contribution in [0.4, 0.5) is 0 Å². The monoisotopic (exact) mass is 602 g/mol. The second-order valence-electron chi connectivity index (χ2n) is 8.81. The Balaban J connectivity index is 1.37. The summed E-state index contributed by atoms with van der Waals surface area (Å²) in [4.78, 5) is 24.8. The number of hydrogen-bond donors (Lipinski definition) is 4. The van der Waals surface area contributed by atoms with Crippen molar-refractivity contribution in [2.45, 2.75) is 9.79 Å². The predicted octanol–water partition coefficient (Wildman–Crippen LogP) is 3.48. The van der Waals surface area contributed by atoms with E-state index >= 15 is 0 Å². The van der Waals surface area contributed by atoms with E-state index in [1.54, 1.807) is 12.1 Å². The fourth-order valence-corrected chi connectivity index (χ4v) is 4.98. The van der Waals surface area contributed by atoms with Gasteiger partial charge in [-0.05, 0) is 96.1 Å². The molecule has 0 saturated carbocycles. The van der Waals surface area contributed by atoms with E-state index in [1.807, 2.05) is 0 Å². The highest BCUT2D eigenvalue weighted by Crippen LogP contribution is 2.26. The molecule has 12 nitrogen and oxygen atoms in total. The summed E-state index contributed by atoms with van der Waals surface area (Å²) in [5, 5.41) is 27.1. The number of carbonyl (C=O) groups is 2. The van der Waals surface area contributed by atoms with Gasteiger partial charge in [0, 0.05) is 11.1 Å². The number of phenolic OH excluding ortho intramolecular Hbond substituents is 2. The van der Waals surface area contributed by atoms with Crippen molar-refractivity contribution in [1.82, 2.24) is 10.9 Å². The lowest BCUT2D eigenvalue weighted by molar-refractivity contribution is 0.0947. The maximum absolute atomic E-state index is 13.1. The summed E-state index contributed by atoms with van der Waals surface area (Å²) < 4.78 is 36.3. The number of methoxy groups -OCH3 is 2. The summed E-state index contributed by atoms with van der Waals surface area (Å²) >= 11 is 0. The third-order valence-electron chi connectivity index (χ3n) is 6.02. The Morgan fingerprint density at radius 3 is 1.37 bits per heavy atom. The van der Waals surface area contributed by atoms with Crippen LogP contribution in [0.25, 0.3) is 0 Å². The number of ether oxygens (including phenoxy) is 2. The first kappa shape index (κ1) is 30.3. The van der Waals surface area contributed by atoms with Gasteiger partial charge in [-0.2, -0.15) is 10.2 Å². The fourth-order valence-electron chi connectivity index (χ4n) is 3.72. The van der Waals surface area contributed by atoms with Crippen molar-refractivity contribution in [3.8, 4) is 23.0 Å². The van der Waals surface area contributed by atoms with Crippen molar-refractivity contribution < 1.29 is 37.7 Å². The molecule has 220 valence electrons. The van der Waals surface area contributed by atoms with Gasteiger partial charge in [0.1, 0.15) is 0 Å². The van der Waals surface area contributed by atoms with Gasteiger partial charge in [0.05, 0.1) is 36.4 Å². The van der Waals surface area contributed by atoms with Gasteiger partial charge in [-0.3, -0.25) is 9.59 Å². The number of sulfone groups is 1. The molecule has 0 atom stereocenters. The van der Waals surface area contributed by atoms with Crippen molar-refractivity contribution >= 4 is 34.1 Å². The Hall–Kier alpha value is -5.69. The maximum Gasteiger partial charge on any atom is 0.271 e. The highest BCUT2D eigenvalue weighted by molar-refractivity contribution is 7.91. The molecule has 0 aliphatic carbocycles. The first-order chi connectivity index (χ1) is 20.6. The SMILES string of the molecule is COc1cc(/C=N/NC(=O)c2ccc(S(=O)(=O)c3ccc(C(=O)N/N=C/c4ccc(O)c(OC)c4)cc3)cc2)ccc1O. The Morgan fingerprint density at radius 2 is 1.02 bits per heavy atom. The second-order valence-corrected chi connectivity index (χ2v) is 10.8. The van der Waals surface area contributed by atoms with Gasteiger partial charge >= 0.3 is 0 Å². The van der Waals surface area contributed by atoms with Crippen molar-refractivity contribution in [2.75, 3.05) is 14.2 Å². The molecule has 0 bridgehead atoms. The van der Waals surface area contributed by atoms with Crippen LogP contribution in [0.5, 0.6) is 23.0 Å². The first-order valence-corrected chi connectivity index (χ1v) is 14.0. The number of hydrogen-bond acceptors (Lipinski definition) is 10. The quantitative estimate of drug-likeness (QED) is 0.158. The third kappa shape index (κ3) is 7.34. The van der Waals surface area contributed by atoms with E-state index in [9.17, 15) is 28.2 Å². The molecule has 0 aromatic heterocycles. The molecule has 0 aliphatic heterocycles. The van der Waals surface area contributed by atoms with E-state index in [1.165, 1.54) is 99.4 Å². The van der Waals surface area contributed by atoms with E-state index in [0.717, 1.165) is 0 Å². The predicted molar refractivity (Wildman–Crippen MR) is 158 cm³/mol. The summed E-state index contributed by atoms with van der Waals surface area (Å²) in [6.45, 7) is 0. The molecular formula is C30H26N4O8S. The van der Waals surface area contributed by atoms with Gasteiger partial charge in [0.2, 0.25) is 9.84 Å². The minimum Gasteiger partial charge on any atom is -0.504 e. The number of nitrogens with one attached hydrogen (secondary N) is 2. The molecule has 0 radical (unpaired) electrons. The zero-order valence-corrected chi connectivity index (χ0v) is 23.7. The Morgan fingerprint density at radius 1 is 0.651 bits per heavy atom. The highest BCUT2D eigenvalue weighted by Gasteiger charge is 2.19. The number of aromatic hydroxyl groups is 2. The van der Waals surface area contributed by atoms with Crippen molar-refractivity contribution in [1.29, 1.82) is 0 Å². The molecule has 4 aromatic rings. The van der Waals surface area contributed by atoms with Gasteiger partial charge in [-0.15, -0.1) is 0 Å². The van der Waals surface area contributed by atoms with Crippen LogP contribution in [0.2, 0.25) is 0 Å². The van der Waals surface area contributed by atoms with Crippen LogP contribution in [0.3, 0.4) is 0 Å². The van der Waals surface area contributed by atoms with Crippen LogP contribution < -0.4 is 20.3 Å². The van der Waals surface area contributed by atoms with Gasteiger partial charge < -0.3 is 19.7 Å². The van der Waals surface area contributed by atoms with Gasteiger partial charge in [0.15, 0.2) is 23.0 Å². The van der Waals surface area contributed by atoms with E-state index < -0.39 is 21.7 Å². The molecule has 0 heterocycles. The summed E-state index contributed by atoms with van der Waals surface area (Å²) in [6, 6.07) is 19.7. The van der Waals surface area contributed by atoms with Crippen LogP contribution in [0, 0.1) is 0 Å². The molecule has 0 spiro atoms. The lowest BCUT2D eigenvalue weighted by atomic mass is 10.2. The molecule has 0 unspecified atom stereocenters. The summed E-state index contributed by atoms with van der Waals surface area (Å²) in [5.74, 6) is -0.683. The van der Waals surface area contributed by atoms with Crippen LogP contribution in [0.15, 0.2) is 105 Å². The molecule has 2 amide bonds. The molecule has 0 aliphatic rings. The average Bonchev–Trinajstić information content (AvgIpc) is 3.02. The molecule has 13 heteroatoms. The minimum atomic E-state index is -3.94. The fraction of sp³-hybridized carbons (Fsp3) is 0.0667. The molecule has 4 rings (SSSR count). The normalized spacial score (nSPS) is 11.4. The van der Waals surface area contributed by atoms with Crippen LogP contribution >= 0.6 is 0 Å². The molecule has 0 saturated heterocycles. The minimum absolute atomic E-state index is 0.0324. The second kappa shape index (κ2) is 13.3. The van der Waals surface area contributed by atoms with Crippen LogP contribution in [0.1, 0.15) is 31.8 Å². The highest BCUT2D eigenvalue weighted by atomic mass is 32.2. The largest absolute Gasteiger partial charge is 0.504 e. The van der Waals surface area contributed by atoms with Crippen LogP contribution in [-0.4, -0.2) is 57.1 Å². The maximum atomic E-state index is 13.1. The summed E-state index contributed by atoms with van der Waals surface area (Å²) in [6.07, 6.45) is 2.73. The molecule has 43 heavy (non-hydrogen) atoms. The van der Waals surface area contributed by atoms with Gasteiger partial charge in [-0.25, -0.2) is 19.3 Å². The van der Waals surface area contributed by atoms with Gasteiger partial charge in [0.25, 0.3) is 11.8 Å². The van der Waals surface area contributed by atoms with E-state index in [4.69, 9.17) is 9.47 Å². The number of amides is 2. The zero-order chi connectivity index (χ0) is 31.0. The molecular weight excluding hydrogens is 576 g/mol. The summed E-state index contributed by atoms with van der Waals surface area (Å²) in [5.41, 5.74) is 6.20. The van der Waals surface area contributed by atoms with Crippen molar-refractivity contribution in [3.05, 3.63) is 107 Å². The zero-order valence-electron chi connectivity index (χ0n) is 22.9. The Bertz CT molecular complexity index is 1680. The standard InChI is InChI=1S/C30H26N4O8S/c1-41-27-15-19(3-13-25(27)35)17-31-33-29(37)21-5-9-23(10-6-21)43(39,40)24-11-7-22(8-12-24)30(38)34-32-18-20-4-14-26(36)28(16-20)42-2/h3-18,35-36H,1-2H3,(H,33,37)(H,34,38)/b31-17+,32-18+. The van der Waals surface area contributed by atoms with E-state index in [2.05, 4.69) is 21.1 Å². The topological polar surface area (TPSA) is 176 Å². The third-order valence-corrected chi connectivity index (χ3v) is 7.81. The van der Waals surface area contributed by atoms with E-state index in [-0.39, 0.29) is 43.9 Å². The number of hydrazone groups is 2. The number of rotatable bonds is 10. The van der Waals surface area contributed by atoms with Crippen molar-refractivity contribution in [3.63, 3.8) is 0 Å². The van der Waals surface area contributed by atoms with Crippen molar-refractivity contribution in [2.24, 2.45) is 10.2 Å². The number of benzene rings is 4. The summed E-state index contributed by atoms with van der Waals surface area (Å²) in [7, 11) is -1.12. The molecule has 0 fully saturated rings. The Kier molecular flexibility index (Phi) is 9.37. The van der Waals surface area contributed by atoms with Gasteiger partial charge in [-0.1, -0.05) is 0 Å². The van der Waals surface area contributed by atoms with Crippen LogP contribution in [-0.2, 0) is 9.84 Å². The van der Waals surface area contributed by atoms with E-state index in [0.29, 0.717) is 11.1 Å². The molecule has 4 aromatic carbocycles. The lowest BCUT2D eigenvalue weighted by Gasteiger charge is -2.07.